The average Bonchev–Trinajstić information content (AvgIpc) is 3.30. The minimum atomic E-state index is -0.361. The predicted molar refractivity (Wildman–Crippen MR) is 117 cm³/mol. The molecule has 4 rings (SSSR count). The molecule has 31 heavy (non-hydrogen) atoms. The molecular weight excluding hydrogens is 393 g/mol. The molecule has 7 heteroatoms. The lowest BCUT2D eigenvalue weighted by atomic mass is 10.1. The number of benzene rings is 2. The number of aryl methyl sites for hydroxylation is 3. The second-order valence-electron chi connectivity index (χ2n) is 7.60. The third-order valence-electron chi connectivity index (χ3n) is 5.18. The van der Waals surface area contributed by atoms with Gasteiger partial charge in [0.2, 0.25) is 0 Å². The van der Waals surface area contributed by atoms with E-state index in [4.69, 9.17) is 0 Å². The van der Waals surface area contributed by atoms with Gasteiger partial charge in [-0.1, -0.05) is 18.2 Å². The van der Waals surface area contributed by atoms with E-state index in [0.29, 0.717) is 29.2 Å². The van der Waals surface area contributed by atoms with Gasteiger partial charge in [0.1, 0.15) is 11.6 Å². The second-order valence-corrected chi connectivity index (χ2v) is 7.60. The van der Waals surface area contributed by atoms with Crippen LogP contribution < -0.4 is 5.32 Å². The molecule has 1 amide bonds. The van der Waals surface area contributed by atoms with E-state index in [-0.39, 0.29) is 18.3 Å². The van der Waals surface area contributed by atoms with Crippen LogP contribution in [0.3, 0.4) is 0 Å². The summed E-state index contributed by atoms with van der Waals surface area (Å²) in [5, 5.41) is 7.34. The molecule has 158 valence electrons. The van der Waals surface area contributed by atoms with Gasteiger partial charge in [0.15, 0.2) is 0 Å². The fourth-order valence-electron chi connectivity index (χ4n) is 3.59. The Hall–Kier alpha value is -3.74. The number of carbonyl (C=O) groups excluding carboxylic acids is 1. The minimum Gasteiger partial charge on any atom is -0.348 e. The lowest BCUT2D eigenvalue weighted by Gasteiger charge is -2.10. The van der Waals surface area contributed by atoms with Gasteiger partial charge < -0.3 is 9.88 Å². The van der Waals surface area contributed by atoms with Gasteiger partial charge in [0.05, 0.1) is 17.9 Å². The molecular formula is C24H24FN5O. The number of nitrogens with zero attached hydrogens (tertiary/aromatic N) is 4. The zero-order valence-corrected chi connectivity index (χ0v) is 17.8. The Morgan fingerprint density at radius 1 is 1.06 bits per heavy atom. The van der Waals surface area contributed by atoms with Crippen molar-refractivity contribution in [3.8, 4) is 5.69 Å². The highest BCUT2D eigenvalue weighted by Gasteiger charge is 2.11. The smallest absolute Gasteiger partial charge is 0.251 e. The number of hydrogen-bond acceptors (Lipinski definition) is 3. The molecule has 1 N–H and O–H groups in total. The van der Waals surface area contributed by atoms with Crippen molar-refractivity contribution in [2.24, 2.45) is 0 Å². The van der Waals surface area contributed by atoms with Crippen molar-refractivity contribution in [2.75, 3.05) is 0 Å². The largest absolute Gasteiger partial charge is 0.348 e. The topological polar surface area (TPSA) is 64.7 Å². The molecule has 0 spiro atoms. The van der Waals surface area contributed by atoms with E-state index >= 15 is 0 Å². The average molecular weight is 417 g/mol. The molecule has 0 aliphatic rings. The van der Waals surface area contributed by atoms with Crippen LogP contribution in [0.1, 0.15) is 38.7 Å². The molecule has 0 radical (unpaired) electrons. The number of halogens is 1. The van der Waals surface area contributed by atoms with Crippen LogP contribution in [-0.2, 0) is 13.1 Å². The van der Waals surface area contributed by atoms with Crippen LogP contribution in [0.5, 0.6) is 0 Å². The van der Waals surface area contributed by atoms with E-state index in [0.717, 1.165) is 17.0 Å². The van der Waals surface area contributed by atoms with E-state index < -0.39 is 0 Å². The number of rotatable bonds is 6. The van der Waals surface area contributed by atoms with Gasteiger partial charge in [-0.25, -0.2) is 9.37 Å². The Labute approximate surface area is 180 Å². The first-order valence-corrected chi connectivity index (χ1v) is 10.1. The summed E-state index contributed by atoms with van der Waals surface area (Å²) in [5.74, 6) is 0.144. The maximum absolute atomic E-state index is 14.6. The molecule has 2 heterocycles. The Morgan fingerprint density at radius 2 is 1.90 bits per heavy atom. The Balaban J connectivity index is 1.42. The van der Waals surface area contributed by atoms with E-state index in [1.807, 2.05) is 49.7 Å². The summed E-state index contributed by atoms with van der Waals surface area (Å²) < 4.78 is 18.2. The molecule has 0 aliphatic carbocycles. The fraction of sp³-hybridized carbons (Fsp3) is 0.208. The summed E-state index contributed by atoms with van der Waals surface area (Å²) in [6, 6.07) is 14.4. The van der Waals surface area contributed by atoms with Gasteiger partial charge in [-0.3, -0.25) is 9.48 Å². The number of amides is 1. The summed E-state index contributed by atoms with van der Waals surface area (Å²) in [5.41, 5.74) is 4.71. The third kappa shape index (κ3) is 4.55. The van der Waals surface area contributed by atoms with Crippen LogP contribution in [0.4, 0.5) is 4.39 Å². The van der Waals surface area contributed by atoms with Crippen molar-refractivity contribution < 1.29 is 9.18 Å². The van der Waals surface area contributed by atoms with E-state index in [1.54, 1.807) is 35.2 Å². The van der Waals surface area contributed by atoms with E-state index in [1.165, 1.54) is 6.07 Å². The quantitative estimate of drug-likeness (QED) is 0.513. The number of carbonyl (C=O) groups is 1. The SMILES string of the molecule is Cc1cc(C)n(Cc2cccc(C(=O)NCc3ccc(-n4ccnc4C)c(F)c3)c2)n1. The summed E-state index contributed by atoms with van der Waals surface area (Å²) in [4.78, 5) is 16.8. The molecule has 0 saturated heterocycles. The van der Waals surface area contributed by atoms with Crippen LogP contribution in [0.2, 0.25) is 0 Å². The highest BCUT2D eigenvalue weighted by atomic mass is 19.1. The lowest BCUT2D eigenvalue weighted by Crippen LogP contribution is -2.23. The number of aromatic nitrogens is 4. The zero-order valence-electron chi connectivity index (χ0n) is 17.8. The van der Waals surface area contributed by atoms with Crippen LogP contribution in [0.15, 0.2) is 60.9 Å². The van der Waals surface area contributed by atoms with Gasteiger partial charge in [0, 0.05) is 30.2 Å². The molecule has 0 bridgehead atoms. The molecule has 6 nitrogen and oxygen atoms in total. The van der Waals surface area contributed by atoms with Crippen LogP contribution >= 0.6 is 0 Å². The van der Waals surface area contributed by atoms with Gasteiger partial charge in [0.25, 0.3) is 5.91 Å². The standard InChI is InChI=1S/C24H24FN5O/c1-16-11-17(2)30(28-16)15-20-5-4-6-21(12-20)24(31)27-14-19-7-8-23(22(25)13-19)29-10-9-26-18(29)3/h4-13H,14-15H2,1-3H3,(H,27,31). The van der Waals surface area contributed by atoms with Crippen molar-refractivity contribution in [1.29, 1.82) is 0 Å². The normalized spacial score (nSPS) is 11.0. The fourth-order valence-corrected chi connectivity index (χ4v) is 3.59. The molecule has 2 aromatic heterocycles. The molecule has 0 aliphatic heterocycles. The molecule has 0 atom stereocenters. The number of imidazole rings is 1. The van der Waals surface area contributed by atoms with Crippen LogP contribution in [0, 0.1) is 26.6 Å². The van der Waals surface area contributed by atoms with Crippen molar-refractivity contribution in [1.82, 2.24) is 24.6 Å². The van der Waals surface area contributed by atoms with E-state index in [9.17, 15) is 9.18 Å². The Bertz CT molecular complexity index is 1240. The van der Waals surface area contributed by atoms with Gasteiger partial charge in [-0.15, -0.1) is 0 Å². The van der Waals surface area contributed by atoms with Crippen molar-refractivity contribution in [2.45, 2.75) is 33.9 Å². The minimum absolute atomic E-state index is 0.204. The maximum atomic E-state index is 14.6. The third-order valence-corrected chi connectivity index (χ3v) is 5.18. The van der Waals surface area contributed by atoms with Gasteiger partial charge >= 0.3 is 0 Å². The van der Waals surface area contributed by atoms with Gasteiger partial charge in [-0.2, -0.15) is 5.10 Å². The molecule has 0 fully saturated rings. The number of nitrogens with one attached hydrogen (secondary N) is 1. The van der Waals surface area contributed by atoms with Crippen LogP contribution in [0.25, 0.3) is 5.69 Å². The second kappa shape index (κ2) is 8.55. The maximum Gasteiger partial charge on any atom is 0.251 e. The van der Waals surface area contributed by atoms with E-state index in [2.05, 4.69) is 15.4 Å². The first-order valence-electron chi connectivity index (χ1n) is 10.1. The summed E-state index contributed by atoms with van der Waals surface area (Å²) in [7, 11) is 0. The van der Waals surface area contributed by atoms with Crippen molar-refractivity contribution in [3.05, 3.63) is 101 Å². The highest BCUT2D eigenvalue weighted by Crippen LogP contribution is 2.17. The van der Waals surface area contributed by atoms with Gasteiger partial charge in [-0.05, 0) is 62.2 Å². The zero-order chi connectivity index (χ0) is 22.0. The first kappa shape index (κ1) is 20.5. The molecule has 2 aromatic carbocycles. The molecule has 4 aromatic rings. The highest BCUT2D eigenvalue weighted by molar-refractivity contribution is 5.94. The lowest BCUT2D eigenvalue weighted by molar-refractivity contribution is 0.0950. The molecule has 0 unspecified atom stereocenters. The van der Waals surface area contributed by atoms with Crippen molar-refractivity contribution in [3.63, 3.8) is 0 Å². The Morgan fingerprint density at radius 3 is 2.58 bits per heavy atom. The monoisotopic (exact) mass is 417 g/mol. The summed E-state index contributed by atoms with van der Waals surface area (Å²) >= 11 is 0. The summed E-state index contributed by atoms with van der Waals surface area (Å²) in [6.45, 7) is 6.62. The predicted octanol–water partition coefficient (Wildman–Crippen LogP) is 4.11. The van der Waals surface area contributed by atoms with Crippen molar-refractivity contribution >= 4 is 5.91 Å². The molecule has 0 saturated carbocycles. The number of hydrogen-bond donors (Lipinski definition) is 1. The summed E-state index contributed by atoms with van der Waals surface area (Å²) in [6.07, 6.45) is 3.35. The Kier molecular flexibility index (Phi) is 5.66. The first-order chi connectivity index (χ1) is 14.9. The van der Waals surface area contributed by atoms with Crippen LogP contribution in [-0.4, -0.2) is 25.2 Å².